The zero-order valence-electron chi connectivity index (χ0n) is 11.0. The van der Waals surface area contributed by atoms with Crippen molar-refractivity contribution in [2.75, 3.05) is 13.1 Å². The van der Waals surface area contributed by atoms with E-state index in [2.05, 4.69) is 10.3 Å². The van der Waals surface area contributed by atoms with Gasteiger partial charge in [-0.1, -0.05) is 0 Å². The second-order valence-corrected chi connectivity index (χ2v) is 5.94. The number of carbonyl (C=O) groups excluding carboxylic acids is 1. The van der Waals surface area contributed by atoms with Gasteiger partial charge in [0.25, 0.3) is 5.56 Å². The van der Waals surface area contributed by atoms with Crippen molar-refractivity contribution in [3.63, 3.8) is 0 Å². The number of amides is 1. The number of nitrogens with zero attached hydrogens (tertiary/aromatic N) is 2. The number of aromatic nitrogens is 2. The molecule has 1 aliphatic rings. The quantitative estimate of drug-likeness (QED) is 0.831. The van der Waals surface area contributed by atoms with E-state index in [0.717, 1.165) is 29.7 Å². The summed E-state index contributed by atoms with van der Waals surface area (Å²) in [6, 6.07) is 0. The van der Waals surface area contributed by atoms with E-state index in [0.29, 0.717) is 18.5 Å². The normalized spacial score (nSPS) is 13.7. The lowest BCUT2D eigenvalue weighted by Gasteiger charge is -2.06. The van der Waals surface area contributed by atoms with Crippen molar-refractivity contribution in [2.24, 2.45) is 5.73 Å². The number of thiophene rings is 1. The van der Waals surface area contributed by atoms with Crippen molar-refractivity contribution in [1.29, 1.82) is 0 Å². The highest BCUT2D eigenvalue weighted by molar-refractivity contribution is 7.18. The summed E-state index contributed by atoms with van der Waals surface area (Å²) in [6.07, 6.45) is 4.53. The summed E-state index contributed by atoms with van der Waals surface area (Å²) in [5, 5.41) is 3.36. The Balaban J connectivity index is 1.95. The Morgan fingerprint density at radius 2 is 2.35 bits per heavy atom. The number of hydrogen-bond donors (Lipinski definition) is 2. The highest BCUT2D eigenvalue weighted by Gasteiger charge is 2.21. The van der Waals surface area contributed by atoms with Gasteiger partial charge in [0.2, 0.25) is 5.91 Å². The van der Waals surface area contributed by atoms with E-state index in [-0.39, 0.29) is 18.0 Å². The van der Waals surface area contributed by atoms with Crippen molar-refractivity contribution < 1.29 is 4.79 Å². The molecule has 0 fully saturated rings. The van der Waals surface area contributed by atoms with E-state index >= 15 is 0 Å². The summed E-state index contributed by atoms with van der Waals surface area (Å²) < 4.78 is 1.37. The molecule has 0 aromatic carbocycles. The molecule has 20 heavy (non-hydrogen) atoms. The molecule has 0 bridgehead atoms. The topological polar surface area (TPSA) is 90.0 Å². The molecule has 1 aliphatic carbocycles. The Morgan fingerprint density at radius 1 is 1.50 bits per heavy atom. The molecule has 0 saturated heterocycles. The largest absolute Gasteiger partial charge is 0.353 e. The molecule has 0 unspecified atom stereocenters. The maximum atomic E-state index is 12.5. The van der Waals surface area contributed by atoms with Gasteiger partial charge in [0, 0.05) is 18.0 Å². The number of nitrogens with two attached hydrogens (primary N) is 1. The van der Waals surface area contributed by atoms with Crippen molar-refractivity contribution >= 4 is 27.5 Å². The smallest absolute Gasteiger partial charge is 0.262 e. The first-order chi connectivity index (χ1) is 9.70. The maximum Gasteiger partial charge on any atom is 0.262 e. The third kappa shape index (κ3) is 2.23. The standard InChI is InChI=1S/C13H16N4O2S/c14-4-5-15-10(18)6-17-7-16-12-11(13(17)19)8-2-1-3-9(8)20-12/h7H,1-6,14H2,(H,15,18). The van der Waals surface area contributed by atoms with Gasteiger partial charge in [-0.05, 0) is 24.8 Å². The fourth-order valence-electron chi connectivity index (χ4n) is 2.55. The average Bonchev–Trinajstić information content (AvgIpc) is 2.99. The molecule has 7 heteroatoms. The molecule has 0 aliphatic heterocycles. The van der Waals surface area contributed by atoms with Crippen molar-refractivity contribution in [2.45, 2.75) is 25.8 Å². The van der Waals surface area contributed by atoms with Crippen molar-refractivity contribution in [1.82, 2.24) is 14.9 Å². The minimum atomic E-state index is -0.217. The van der Waals surface area contributed by atoms with Crippen LogP contribution >= 0.6 is 11.3 Å². The number of hydrogen-bond acceptors (Lipinski definition) is 5. The third-order valence-corrected chi connectivity index (χ3v) is 4.67. The van der Waals surface area contributed by atoms with Crippen LogP contribution in [0.4, 0.5) is 0 Å². The summed E-state index contributed by atoms with van der Waals surface area (Å²) in [5.41, 5.74) is 6.35. The van der Waals surface area contributed by atoms with Gasteiger partial charge in [-0.3, -0.25) is 14.2 Å². The van der Waals surface area contributed by atoms with Gasteiger partial charge >= 0.3 is 0 Å². The molecule has 0 spiro atoms. The molecule has 6 nitrogen and oxygen atoms in total. The first-order valence-corrected chi connectivity index (χ1v) is 7.49. The second-order valence-electron chi connectivity index (χ2n) is 4.85. The molecule has 106 valence electrons. The lowest BCUT2D eigenvalue weighted by molar-refractivity contribution is -0.121. The summed E-state index contributed by atoms with van der Waals surface area (Å²) in [4.78, 5) is 30.5. The minimum Gasteiger partial charge on any atom is -0.353 e. The van der Waals surface area contributed by atoms with E-state index in [4.69, 9.17) is 5.73 Å². The van der Waals surface area contributed by atoms with Crippen LogP contribution in [-0.4, -0.2) is 28.5 Å². The molecule has 1 amide bonds. The Bertz CT molecular complexity index is 719. The van der Waals surface area contributed by atoms with Gasteiger partial charge in [0.1, 0.15) is 11.4 Å². The van der Waals surface area contributed by atoms with Crippen LogP contribution in [0.1, 0.15) is 16.9 Å². The van der Waals surface area contributed by atoms with Crippen LogP contribution in [0.15, 0.2) is 11.1 Å². The number of carbonyl (C=O) groups is 1. The molecule has 0 saturated carbocycles. The Labute approximate surface area is 119 Å². The van der Waals surface area contributed by atoms with Crippen LogP contribution in [0.25, 0.3) is 10.2 Å². The van der Waals surface area contributed by atoms with E-state index in [1.165, 1.54) is 15.8 Å². The lowest BCUT2D eigenvalue weighted by Crippen LogP contribution is -2.35. The fourth-order valence-corrected chi connectivity index (χ4v) is 3.77. The molecule has 3 rings (SSSR count). The number of nitrogens with one attached hydrogen (secondary N) is 1. The highest BCUT2D eigenvalue weighted by atomic mass is 32.1. The molecule has 0 atom stereocenters. The number of rotatable bonds is 4. The Morgan fingerprint density at radius 3 is 3.15 bits per heavy atom. The SMILES string of the molecule is NCCNC(=O)Cn1cnc2sc3c(c2c1=O)CCC3. The first-order valence-electron chi connectivity index (χ1n) is 6.67. The van der Waals surface area contributed by atoms with E-state index in [9.17, 15) is 9.59 Å². The first kappa shape index (κ1) is 13.3. The number of aryl methyl sites for hydroxylation is 2. The Hall–Kier alpha value is -1.73. The van der Waals surface area contributed by atoms with Crippen molar-refractivity contribution in [3.8, 4) is 0 Å². The zero-order chi connectivity index (χ0) is 14.1. The predicted octanol–water partition coefficient (Wildman–Crippen LogP) is 0.0216. The summed E-state index contributed by atoms with van der Waals surface area (Å²) in [5.74, 6) is -0.217. The molecular formula is C13H16N4O2S. The van der Waals surface area contributed by atoms with Crippen LogP contribution in [0, 0.1) is 0 Å². The van der Waals surface area contributed by atoms with Crippen LogP contribution in [0.3, 0.4) is 0 Å². The third-order valence-electron chi connectivity index (χ3n) is 3.47. The van der Waals surface area contributed by atoms with E-state index in [1.54, 1.807) is 11.3 Å². The van der Waals surface area contributed by atoms with Crippen molar-refractivity contribution in [3.05, 3.63) is 27.1 Å². The van der Waals surface area contributed by atoms with Crippen LogP contribution < -0.4 is 16.6 Å². The monoisotopic (exact) mass is 292 g/mol. The van der Waals surface area contributed by atoms with Crippen LogP contribution in [0.2, 0.25) is 0 Å². The fraction of sp³-hybridized carbons (Fsp3) is 0.462. The van der Waals surface area contributed by atoms with Crippen LogP contribution in [-0.2, 0) is 24.2 Å². The second kappa shape index (κ2) is 5.34. The highest BCUT2D eigenvalue weighted by Crippen LogP contribution is 2.34. The van der Waals surface area contributed by atoms with Crippen LogP contribution in [0.5, 0.6) is 0 Å². The molecule has 2 heterocycles. The average molecular weight is 292 g/mol. The summed E-state index contributed by atoms with van der Waals surface area (Å²) in [7, 11) is 0. The van der Waals surface area contributed by atoms with Gasteiger partial charge in [0.15, 0.2) is 0 Å². The molecule has 3 N–H and O–H groups in total. The molecule has 2 aromatic heterocycles. The molecule has 2 aromatic rings. The minimum absolute atomic E-state index is 0.00755. The number of fused-ring (bicyclic) bond motifs is 3. The van der Waals surface area contributed by atoms with Gasteiger partial charge < -0.3 is 11.1 Å². The van der Waals surface area contributed by atoms with E-state index in [1.807, 2.05) is 0 Å². The van der Waals surface area contributed by atoms with Gasteiger partial charge in [0.05, 0.1) is 11.7 Å². The summed E-state index contributed by atoms with van der Waals surface area (Å²) in [6.45, 7) is 0.791. The Kier molecular flexibility index (Phi) is 3.54. The maximum absolute atomic E-state index is 12.5. The zero-order valence-corrected chi connectivity index (χ0v) is 11.8. The summed E-state index contributed by atoms with van der Waals surface area (Å²) >= 11 is 1.60. The molecular weight excluding hydrogens is 276 g/mol. The van der Waals surface area contributed by atoms with Gasteiger partial charge in [-0.15, -0.1) is 11.3 Å². The van der Waals surface area contributed by atoms with Gasteiger partial charge in [-0.25, -0.2) is 4.98 Å². The van der Waals surface area contributed by atoms with E-state index < -0.39 is 0 Å². The predicted molar refractivity (Wildman–Crippen MR) is 78.0 cm³/mol. The van der Waals surface area contributed by atoms with Gasteiger partial charge in [-0.2, -0.15) is 0 Å². The molecule has 0 radical (unpaired) electrons. The lowest BCUT2D eigenvalue weighted by atomic mass is 10.2.